The van der Waals surface area contributed by atoms with Crippen molar-refractivity contribution in [3.63, 3.8) is 0 Å². The van der Waals surface area contributed by atoms with Gasteiger partial charge in [0.05, 0.1) is 12.7 Å². The number of nitrogens with one attached hydrogen (secondary N) is 1. The third-order valence-corrected chi connectivity index (χ3v) is 2.36. The van der Waals surface area contributed by atoms with Crippen LogP contribution in [0.2, 0.25) is 0 Å². The van der Waals surface area contributed by atoms with Gasteiger partial charge in [-0.1, -0.05) is 5.16 Å². The summed E-state index contributed by atoms with van der Waals surface area (Å²) < 4.78 is 6.53. The van der Waals surface area contributed by atoms with Crippen molar-refractivity contribution < 1.29 is 4.52 Å². The molecule has 0 unspecified atom stereocenters. The molecule has 72 valence electrons. The first-order chi connectivity index (χ1) is 6.86. The van der Waals surface area contributed by atoms with Crippen LogP contribution >= 0.6 is 0 Å². The zero-order chi connectivity index (χ0) is 9.54. The third-order valence-electron chi connectivity index (χ3n) is 2.36. The van der Waals surface area contributed by atoms with E-state index in [0.29, 0.717) is 30.0 Å². The van der Waals surface area contributed by atoms with Crippen molar-refractivity contribution in [3.05, 3.63) is 22.4 Å². The van der Waals surface area contributed by atoms with Gasteiger partial charge in [0, 0.05) is 13.1 Å². The minimum absolute atomic E-state index is 0.0623. The van der Waals surface area contributed by atoms with Crippen LogP contribution in [0, 0.1) is 0 Å². The second-order valence-electron chi connectivity index (χ2n) is 3.21. The fraction of sp³-hybridized carbons (Fsp3) is 0.375. The maximum Gasteiger partial charge on any atom is 0.266 e. The standard InChI is InChI=1S/C8H8N4O2/c13-8-5-3-10-14-7(5)11-6-4-9-1-2-12(6)8/h3,9H,1-2,4H2. The Labute approximate surface area is 78.5 Å². The first kappa shape index (κ1) is 7.69. The monoisotopic (exact) mass is 192 g/mol. The molecule has 0 bridgehead atoms. The summed E-state index contributed by atoms with van der Waals surface area (Å²) in [5, 5.41) is 7.16. The summed E-state index contributed by atoms with van der Waals surface area (Å²) in [5.41, 5.74) is 0.262. The Bertz CT molecular complexity index is 542. The SMILES string of the molecule is O=c1c2cnoc2nc2n1CCNC2. The topological polar surface area (TPSA) is 73.0 Å². The highest BCUT2D eigenvalue weighted by Gasteiger charge is 2.15. The van der Waals surface area contributed by atoms with E-state index >= 15 is 0 Å². The van der Waals surface area contributed by atoms with Crippen LogP contribution in [-0.4, -0.2) is 21.3 Å². The lowest BCUT2D eigenvalue weighted by atomic mass is 10.3. The fourth-order valence-electron chi connectivity index (χ4n) is 1.66. The molecule has 2 aromatic heterocycles. The Morgan fingerprint density at radius 2 is 2.50 bits per heavy atom. The van der Waals surface area contributed by atoms with E-state index in [1.807, 2.05) is 0 Å². The van der Waals surface area contributed by atoms with Crippen LogP contribution in [0.4, 0.5) is 0 Å². The first-order valence-corrected chi connectivity index (χ1v) is 4.41. The Morgan fingerprint density at radius 3 is 3.43 bits per heavy atom. The zero-order valence-electron chi connectivity index (χ0n) is 7.36. The van der Waals surface area contributed by atoms with Gasteiger partial charge in [-0.15, -0.1) is 0 Å². The molecule has 1 aliphatic rings. The summed E-state index contributed by atoms with van der Waals surface area (Å²) in [7, 11) is 0. The molecule has 1 aliphatic heterocycles. The summed E-state index contributed by atoms with van der Waals surface area (Å²) in [5.74, 6) is 0.713. The number of hydrogen-bond donors (Lipinski definition) is 1. The van der Waals surface area contributed by atoms with Crippen LogP contribution in [-0.2, 0) is 13.1 Å². The van der Waals surface area contributed by atoms with E-state index < -0.39 is 0 Å². The van der Waals surface area contributed by atoms with Crippen molar-refractivity contribution in [2.24, 2.45) is 0 Å². The molecule has 14 heavy (non-hydrogen) atoms. The molecule has 0 amide bonds. The molecule has 0 saturated carbocycles. The highest BCUT2D eigenvalue weighted by molar-refractivity contribution is 5.70. The van der Waals surface area contributed by atoms with Crippen molar-refractivity contribution in [2.75, 3.05) is 6.54 Å². The van der Waals surface area contributed by atoms with Crippen molar-refractivity contribution in [2.45, 2.75) is 13.1 Å². The molecule has 0 atom stereocenters. The lowest BCUT2D eigenvalue weighted by molar-refractivity contribution is 0.437. The molecule has 1 N–H and O–H groups in total. The Hall–Kier alpha value is -1.69. The normalized spacial score (nSPS) is 15.7. The van der Waals surface area contributed by atoms with E-state index in [4.69, 9.17) is 4.52 Å². The molecule has 0 aromatic carbocycles. The molecular formula is C8H8N4O2. The maximum absolute atomic E-state index is 11.8. The van der Waals surface area contributed by atoms with Gasteiger partial charge < -0.3 is 9.84 Å². The van der Waals surface area contributed by atoms with E-state index in [1.165, 1.54) is 6.20 Å². The van der Waals surface area contributed by atoms with Crippen LogP contribution in [0.5, 0.6) is 0 Å². The minimum atomic E-state index is -0.0623. The maximum atomic E-state index is 11.8. The van der Waals surface area contributed by atoms with Crippen LogP contribution in [0.3, 0.4) is 0 Å². The van der Waals surface area contributed by atoms with Gasteiger partial charge in [-0.05, 0) is 0 Å². The van der Waals surface area contributed by atoms with E-state index in [-0.39, 0.29) is 5.56 Å². The number of fused-ring (bicyclic) bond motifs is 2. The smallest absolute Gasteiger partial charge is 0.266 e. The minimum Gasteiger partial charge on any atom is -0.336 e. The summed E-state index contributed by atoms with van der Waals surface area (Å²) in [4.78, 5) is 16.0. The third kappa shape index (κ3) is 0.912. The molecule has 0 fully saturated rings. The van der Waals surface area contributed by atoms with Crippen LogP contribution in [0.15, 0.2) is 15.5 Å². The fourth-order valence-corrected chi connectivity index (χ4v) is 1.66. The van der Waals surface area contributed by atoms with E-state index in [1.54, 1.807) is 4.57 Å². The molecular weight excluding hydrogens is 184 g/mol. The molecule has 0 radical (unpaired) electrons. The first-order valence-electron chi connectivity index (χ1n) is 4.41. The van der Waals surface area contributed by atoms with Gasteiger partial charge in [0.1, 0.15) is 11.2 Å². The highest BCUT2D eigenvalue weighted by Crippen LogP contribution is 2.08. The average Bonchev–Trinajstić information content (AvgIpc) is 2.66. The van der Waals surface area contributed by atoms with Gasteiger partial charge in [-0.2, -0.15) is 4.98 Å². The molecule has 6 heteroatoms. The summed E-state index contributed by atoms with van der Waals surface area (Å²) in [6.45, 7) is 2.06. The van der Waals surface area contributed by atoms with E-state index in [2.05, 4.69) is 15.5 Å². The van der Waals surface area contributed by atoms with Crippen molar-refractivity contribution in [1.82, 2.24) is 20.0 Å². The Balaban J connectivity index is 2.42. The molecule has 2 aromatic rings. The molecule has 0 aliphatic carbocycles. The van der Waals surface area contributed by atoms with E-state index in [0.717, 1.165) is 6.54 Å². The van der Waals surface area contributed by atoms with Crippen LogP contribution in [0.25, 0.3) is 11.1 Å². The number of nitrogens with zero attached hydrogens (tertiary/aromatic N) is 3. The van der Waals surface area contributed by atoms with Crippen molar-refractivity contribution in [3.8, 4) is 0 Å². The highest BCUT2D eigenvalue weighted by atomic mass is 16.5. The van der Waals surface area contributed by atoms with Crippen molar-refractivity contribution >= 4 is 11.1 Å². The second kappa shape index (κ2) is 2.65. The zero-order valence-corrected chi connectivity index (χ0v) is 7.36. The molecule has 6 nitrogen and oxygen atoms in total. The van der Waals surface area contributed by atoms with Gasteiger partial charge in [0.2, 0.25) is 0 Å². The quantitative estimate of drug-likeness (QED) is 0.608. The number of hydrogen-bond acceptors (Lipinski definition) is 5. The average molecular weight is 192 g/mol. The molecule has 3 heterocycles. The lowest BCUT2D eigenvalue weighted by Crippen LogP contribution is -2.36. The second-order valence-corrected chi connectivity index (χ2v) is 3.21. The lowest BCUT2D eigenvalue weighted by Gasteiger charge is -2.17. The predicted octanol–water partition coefficient (Wildman–Crippen LogP) is -0.512. The van der Waals surface area contributed by atoms with Gasteiger partial charge >= 0.3 is 0 Å². The number of aromatic nitrogens is 3. The van der Waals surface area contributed by atoms with Gasteiger partial charge in [0.25, 0.3) is 11.3 Å². The predicted molar refractivity (Wildman–Crippen MR) is 47.8 cm³/mol. The van der Waals surface area contributed by atoms with Crippen molar-refractivity contribution in [1.29, 1.82) is 0 Å². The van der Waals surface area contributed by atoms with Gasteiger partial charge in [0.15, 0.2) is 0 Å². The van der Waals surface area contributed by atoms with E-state index in [9.17, 15) is 4.79 Å². The Morgan fingerprint density at radius 1 is 1.57 bits per heavy atom. The summed E-state index contributed by atoms with van der Waals surface area (Å²) in [6.07, 6.45) is 1.42. The Kier molecular flexibility index (Phi) is 1.45. The van der Waals surface area contributed by atoms with Gasteiger partial charge in [-0.25, -0.2) is 0 Å². The summed E-state index contributed by atoms with van der Waals surface area (Å²) >= 11 is 0. The summed E-state index contributed by atoms with van der Waals surface area (Å²) in [6, 6.07) is 0. The molecule has 0 spiro atoms. The van der Waals surface area contributed by atoms with Crippen LogP contribution in [0.1, 0.15) is 5.82 Å². The van der Waals surface area contributed by atoms with Crippen LogP contribution < -0.4 is 10.9 Å². The molecule has 0 saturated heterocycles. The molecule has 3 rings (SSSR count). The number of rotatable bonds is 0. The van der Waals surface area contributed by atoms with Gasteiger partial charge in [-0.3, -0.25) is 9.36 Å². The largest absolute Gasteiger partial charge is 0.336 e.